The van der Waals surface area contributed by atoms with E-state index in [9.17, 15) is 29.1 Å². The first-order chi connectivity index (χ1) is 15.4. The van der Waals surface area contributed by atoms with Crippen LogP contribution in [0.3, 0.4) is 0 Å². The minimum atomic E-state index is -1.53. The zero-order valence-electron chi connectivity index (χ0n) is 18.5. The third-order valence-electron chi connectivity index (χ3n) is 4.53. The lowest BCUT2D eigenvalue weighted by atomic mass is 10.0. The SMILES string of the molecule is CC(C)CC(N)C(=O)NC(Cc1ccc(O)cc1)C(=O)NCC(=O)NC(CC(N)=O)C(=O)O. The lowest BCUT2D eigenvalue weighted by Crippen LogP contribution is -2.54. The second kappa shape index (κ2) is 13.0. The van der Waals surface area contributed by atoms with Crippen molar-refractivity contribution in [2.45, 2.75) is 51.2 Å². The Morgan fingerprint density at radius 2 is 1.58 bits per heavy atom. The van der Waals surface area contributed by atoms with Crippen LogP contribution in [0, 0.1) is 5.92 Å². The Morgan fingerprint density at radius 3 is 2.09 bits per heavy atom. The molecule has 1 rings (SSSR count). The van der Waals surface area contributed by atoms with Gasteiger partial charge in [0.1, 0.15) is 17.8 Å². The monoisotopic (exact) mass is 465 g/mol. The number of carbonyl (C=O) groups is 5. The van der Waals surface area contributed by atoms with E-state index in [1.807, 2.05) is 13.8 Å². The van der Waals surface area contributed by atoms with Crippen LogP contribution in [-0.4, -0.2) is 64.5 Å². The second-order valence-electron chi connectivity index (χ2n) is 8.01. The zero-order valence-corrected chi connectivity index (χ0v) is 18.5. The predicted molar refractivity (Wildman–Crippen MR) is 118 cm³/mol. The molecule has 1 aromatic carbocycles. The third kappa shape index (κ3) is 10.5. The molecule has 0 saturated heterocycles. The maximum Gasteiger partial charge on any atom is 0.326 e. The maximum absolute atomic E-state index is 12.7. The van der Waals surface area contributed by atoms with Gasteiger partial charge in [0.05, 0.1) is 19.0 Å². The van der Waals surface area contributed by atoms with E-state index in [0.717, 1.165) is 0 Å². The minimum absolute atomic E-state index is 0.0309. The number of carbonyl (C=O) groups excluding carboxylic acids is 4. The van der Waals surface area contributed by atoms with Crippen molar-refractivity contribution in [3.05, 3.63) is 29.8 Å². The Balaban J connectivity index is 2.84. The van der Waals surface area contributed by atoms with Gasteiger partial charge in [-0.3, -0.25) is 19.2 Å². The first-order valence-corrected chi connectivity index (χ1v) is 10.3. The van der Waals surface area contributed by atoms with E-state index in [4.69, 9.17) is 16.6 Å². The first kappa shape index (κ1) is 27.4. The van der Waals surface area contributed by atoms with Crippen LogP contribution >= 0.6 is 0 Å². The second-order valence-corrected chi connectivity index (χ2v) is 8.01. The first-order valence-electron chi connectivity index (χ1n) is 10.3. The van der Waals surface area contributed by atoms with Gasteiger partial charge in [-0.05, 0) is 30.0 Å². The molecule has 12 heteroatoms. The number of benzene rings is 1. The summed E-state index contributed by atoms with van der Waals surface area (Å²) in [5.74, 6) is -4.29. The maximum atomic E-state index is 12.7. The minimum Gasteiger partial charge on any atom is -0.508 e. The average molecular weight is 466 g/mol. The summed E-state index contributed by atoms with van der Waals surface area (Å²) in [6.45, 7) is 3.20. The van der Waals surface area contributed by atoms with E-state index in [0.29, 0.717) is 12.0 Å². The van der Waals surface area contributed by atoms with Crippen LogP contribution in [0.15, 0.2) is 24.3 Å². The van der Waals surface area contributed by atoms with Gasteiger partial charge in [-0.1, -0.05) is 26.0 Å². The fourth-order valence-corrected chi connectivity index (χ4v) is 2.91. The van der Waals surface area contributed by atoms with Gasteiger partial charge in [-0.2, -0.15) is 0 Å². The number of phenolic OH excluding ortho intramolecular Hbond substituents is 1. The summed E-state index contributed by atoms with van der Waals surface area (Å²) in [6.07, 6.45) is -0.159. The van der Waals surface area contributed by atoms with Gasteiger partial charge in [0, 0.05) is 6.42 Å². The Labute approximate surface area is 191 Å². The molecule has 1 aromatic rings. The molecule has 3 unspecified atom stereocenters. The molecule has 4 amide bonds. The zero-order chi connectivity index (χ0) is 25.1. The van der Waals surface area contributed by atoms with Gasteiger partial charge in [0.2, 0.25) is 23.6 Å². The largest absolute Gasteiger partial charge is 0.508 e. The van der Waals surface area contributed by atoms with E-state index in [2.05, 4.69) is 16.0 Å². The number of rotatable bonds is 13. The van der Waals surface area contributed by atoms with Crippen molar-refractivity contribution in [1.82, 2.24) is 16.0 Å². The van der Waals surface area contributed by atoms with E-state index in [1.54, 1.807) is 12.1 Å². The van der Waals surface area contributed by atoms with Gasteiger partial charge < -0.3 is 37.6 Å². The van der Waals surface area contributed by atoms with Crippen LogP contribution in [0.4, 0.5) is 0 Å². The number of hydrogen-bond donors (Lipinski definition) is 7. The smallest absolute Gasteiger partial charge is 0.326 e. The number of phenols is 1. The number of hydrogen-bond acceptors (Lipinski definition) is 7. The number of nitrogens with two attached hydrogens (primary N) is 2. The summed E-state index contributed by atoms with van der Waals surface area (Å²) < 4.78 is 0. The highest BCUT2D eigenvalue weighted by atomic mass is 16.4. The fraction of sp³-hybridized carbons (Fsp3) is 0.476. The number of carboxylic acid groups (broad SMARTS) is 1. The standard InChI is InChI=1S/C21H31N5O7/c1-11(2)7-14(22)19(30)26-15(8-12-3-5-13(27)6-4-12)20(31)24-10-18(29)25-16(21(32)33)9-17(23)28/h3-6,11,14-16,27H,7-10,22H2,1-2H3,(H2,23,28)(H,24,31)(H,25,29)(H,26,30)(H,32,33). The van der Waals surface area contributed by atoms with Crippen molar-refractivity contribution in [3.8, 4) is 5.75 Å². The lowest BCUT2D eigenvalue weighted by molar-refractivity contribution is -0.143. The topological polar surface area (TPSA) is 214 Å². The van der Waals surface area contributed by atoms with Crippen LogP contribution < -0.4 is 27.4 Å². The summed E-state index contributed by atoms with van der Waals surface area (Å²) >= 11 is 0. The molecule has 12 nitrogen and oxygen atoms in total. The molecular formula is C21H31N5O7. The van der Waals surface area contributed by atoms with Gasteiger partial charge in [0.15, 0.2) is 0 Å². The fourth-order valence-electron chi connectivity index (χ4n) is 2.91. The summed E-state index contributed by atoms with van der Waals surface area (Å²) in [6, 6.07) is 2.54. The van der Waals surface area contributed by atoms with Crippen LogP contribution in [0.2, 0.25) is 0 Å². The molecule has 182 valence electrons. The predicted octanol–water partition coefficient (Wildman–Crippen LogP) is -1.65. The van der Waals surface area contributed by atoms with Gasteiger partial charge in [-0.25, -0.2) is 4.79 Å². The van der Waals surface area contributed by atoms with Gasteiger partial charge >= 0.3 is 5.97 Å². The van der Waals surface area contributed by atoms with Crippen molar-refractivity contribution in [1.29, 1.82) is 0 Å². The number of aromatic hydroxyl groups is 1. The summed E-state index contributed by atoms with van der Waals surface area (Å²) in [5.41, 5.74) is 11.5. The Morgan fingerprint density at radius 1 is 0.970 bits per heavy atom. The molecule has 0 aliphatic heterocycles. The molecule has 0 fully saturated rings. The number of primary amides is 1. The summed E-state index contributed by atoms with van der Waals surface area (Å²) in [5, 5.41) is 25.5. The van der Waals surface area contributed by atoms with Crippen LogP contribution in [0.1, 0.15) is 32.3 Å². The van der Waals surface area contributed by atoms with Crippen molar-refractivity contribution >= 4 is 29.6 Å². The quantitative estimate of drug-likeness (QED) is 0.179. The number of carboxylic acids is 1. The molecule has 0 bridgehead atoms. The van der Waals surface area contributed by atoms with Crippen molar-refractivity contribution in [2.75, 3.05) is 6.54 Å². The van der Waals surface area contributed by atoms with Crippen molar-refractivity contribution in [2.24, 2.45) is 17.4 Å². The average Bonchev–Trinajstić information content (AvgIpc) is 2.71. The lowest BCUT2D eigenvalue weighted by Gasteiger charge is -2.22. The van der Waals surface area contributed by atoms with Crippen molar-refractivity contribution < 1.29 is 34.2 Å². The highest BCUT2D eigenvalue weighted by Crippen LogP contribution is 2.12. The molecule has 9 N–H and O–H groups in total. The normalized spacial score (nSPS) is 13.5. The van der Waals surface area contributed by atoms with Gasteiger partial charge in [0.25, 0.3) is 0 Å². The summed E-state index contributed by atoms with van der Waals surface area (Å²) in [7, 11) is 0. The molecule has 0 aliphatic carbocycles. The number of nitrogens with one attached hydrogen (secondary N) is 3. The molecular weight excluding hydrogens is 434 g/mol. The number of amides is 4. The Hall–Kier alpha value is -3.67. The van der Waals surface area contributed by atoms with Crippen LogP contribution in [0.25, 0.3) is 0 Å². The molecule has 33 heavy (non-hydrogen) atoms. The molecule has 0 heterocycles. The molecule has 0 aliphatic rings. The molecule has 0 aromatic heterocycles. The number of aliphatic carboxylic acids is 1. The van der Waals surface area contributed by atoms with Crippen LogP contribution in [0.5, 0.6) is 5.75 Å². The van der Waals surface area contributed by atoms with Crippen molar-refractivity contribution in [3.63, 3.8) is 0 Å². The van der Waals surface area contributed by atoms with E-state index < -0.39 is 60.7 Å². The highest BCUT2D eigenvalue weighted by Gasteiger charge is 2.26. The van der Waals surface area contributed by atoms with E-state index in [-0.39, 0.29) is 18.1 Å². The third-order valence-corrected chi connectivity index (χ3v) is 4.53. The molecule has 3 atom stereocenters. The molecule has 0 saturated carbocycles. The van der Waals surface area contributed by atoms with Crippen LogP contribution in [-0.2, 0) is 30.4 Å². The van der Waals surface area contributed by atoms with Gasteiger partial charge in [-0.15, -0.1) is 0 Å². The highest BCUT2D eigenvalue weighted by molar-refractivity contribution is 5.93. The van der Waals surface area contributed by atoms with E-state index in [1.165, 1.54) is 12.1 Å². The Bertz CT molecular complexity index is 857. The Kier molecular flexibility index (Phi) is 10.8. The molecule has 0 spiro atoms. The van der Waals surface area contributed by atoms with E-state index >= 15 is 0 Å². The molecule has 0 radical (unpaired) electrons. The summed E-state index contributed by atoms with van der Waals surface area (Å²) in [4.78, 5) is 59.3.